The number of halogens is 3. The van der Waals surface area contributed by atoms with Crippen molar-refractivity contribution in [3.8, 4) is 0 Å². The molecule has 0 saturated carbocycles. The highest BCUT2D eigenvalue weighted by molar-refractivity contribution is 5.95. The molecule has 0 aliphatic carbocycles. The van der Waals surface area contributed by atoms with Crippen molar-refractivity contribution in [1.82, 2.24) is 10.6 Å². The van der Waals surface area contributed by atoms with Gasteiger partial charge in [-0.25, -0.2) is 0 Å². The zero-order valence-corrected chi connectivity index (χ0v) is 19.8. The van der Waals surface area contributed by atoms with Gasteiger partial charge in [0.25, 0.3) is 5.78 Å². The van der Waals surface area contributed by atoms with Crippen molar-refractivity contribution in [2.75, 3.05) is 0 Å². The standard InChI is InChI=1S/C25H37F3N2O3/c1-4-5-6-7-8-12-15-22(31)29-21(16-18(2)3)24(33)30-20(23(32)25(26,27)28)17-19-13-10-9-11-14-19/h9-11,13-14,18,20-21H,4-8,12,15-17H2,1-3H3,(H,29,31)(H,30,33)/t20-,21-/m0/s1. The summed E-state index contributed by atoms with van der Waals surface area (Å²) in [6, 6.07) is 5.43. The van der Waals surface area contributed by atoms with Gasteiger partial charge in [-0.15, -0.1) is 0 Å². The van der Waals surface area contributed by atoms with Crippen LogP contribution in [0.4, 0.5) is 13.2 Å². The van der Waals surface area contributed by atoms with Gasteiger partial charge in [0.15, 0.2) is 0 Å². The molecule has 0 heterocycles. The van der Waals surface area contributed by atoms with Gasteiger partial charge in [-0.05, 0) is 24.3 Å². The molecule has 5 nitrogen and oxygen atoms in total. The molecule has 0 fully saturated rings. The van der Waals surface area contributed by atoms with Crippen LogP contribution in [0.5, 0.6) is 0 Å². The van der Waals surface area contributed by atoms with Crippen LogP contribution >= 0.6 is 0 Å². The first-order chi connectivity index (χ1) is 15.5. The predicted molar refractivity (Wildman–Crippen MR) is 123 cm³/mol. The molecule has 1 aromatic carbocycles. The summed E-state index contributed by atoms with van der Waals surface area (Å²) in [5.74, 6) is -3.09. The van der Waals surface area contributed by atoms with E-state index >= 15 is 0 Å². The third kappa shape index (κ3) is 11.9. The van der Waals surface area contributed by atoms with E-state index in [1.165, 1.54) is 0 Å². The van der Waals surface area contributed by atoms with Gasteiger partial charge >= 0.3 is 6.18 Å². The van der Waals surface area contributed by atoms with Crippen LogP contribution < -0.4 is 10.6 Å². The Kier molecular flexibility index (Phi) is 12.8. The van der Waals surface area contributed by atoms with E-state index in [9.17, 15) is 27.6 Å². The van der Waals surface area contributed by atoms with Crippen LogP contribution in [0, 0.1) is 5.92 Å². The Morgan fingerprint density at radius 3 is 2.06 bits per heavy atom. The third-order valence-electron chi connectivity index (χ3n) is 5.31. The van der Waals surface area contributed by atoms with E-state index in [0.717, 1.165) is 32.1 Å². The number of hydrogen-bond acceptors (Lipinski definition) is 3. The largest absolute Gasteiger partial charge is 0.452 e. The van der Waals surface area contributed by atoms with Crippen molar-refractivity contribution in [2.24, 2.45) is 5.92 Å². The summed E-state index contributed by atoms with van der Waals surface area (Å²) in [6.45, 7) is 5.82. The van der Waals surface area contributed by atoms with Crippen molar-refractivity contribution < 1.29 is 27.6 Å². The summed E-state index contributed by atoms with van der Waals surface area (Å²) in [4.78, 5) is 37.2. The van der Waals surface area contributed by atoms with E-state index < -0.39 is 30.0 Å². The Morgan fingerprint density at radius 1 is 0.879 bits per heavy atom. The minimum Gasteiger partial charge on any atom is -0.344 e. The number of rotatable bonds is 15. The summed E-state index contributed by atoms with van der Waals surface area (Å²) in [5, 5.41) is 4.90. The molecule has 33 heavy (non-hydrogen) atoms. The van der Waals surface area contributed by atoms with Crippen molar-refractivity contribution in [2.45, 2.75) is 96.8 Å². The first-order valence-corrected chi connectivity index (χ1v) is 11.8. The molecule has 0 unspecified atom stereocenters. The van der Waals surface area contributed by atoms with Gasteiger partial charge in [0.2, 0.25) is 11.8 Å². The fourth-order valence-corrected chi connectivity index (χ4v) is 3.56. The molecule has 0 spiro atoms. The second-order valence-electron chi connectivity index (χ2n) is 8.88. The molecule has 186 valence electrons. The Balaban J connectivity index is 2.80. The van der Waals surface area contributed by atoms with E-state index in [-0.39, 0.29) is 31.1 Å². The van der Waals surface area contributed by atoms with Gasteiger partial charge in [0.1, 0.15) is 12.1 Å². The van der Waals surface area contributed by atoms with Crippen LogP contribution in [0.25, 0.3) is 0 Å². The smallest absolute Gasteiger partial charge is 0.344 e. The van der Waals surface area contributed by atoms with Crippen molar-refractivity contribution in [3.05, 3.63) is 35.9 Å². The highest BCUT2D eigenvalue weighted by Crippen LogP contribution is 2.20. The number of unbranched alkanes of at least 4 members (excludes halogenated alkanes) is 5. The molecular formula is C25H37F3N2O3. The Morgan fingerprint density at radius 2 is 1.48 bits per heavy atom. The average molecular weight is 471 g/mol. The van der Waals surface area contributed by atoms with Gasteiger partial charge in [-0.1, -0.05) is 83.2 Å². The molecule has 0 radical (unpaired) electrons. The first-order valence-electron chi connectivity index (χ1n) is 11.8. The molecule has 0 aliphatic heterocycles. The molecule has 2 N–H and O–H groups in total. The van der Waals surface area contributed by atoms with Crippen LogP contribution in [0.1, 0.15) is 77.7 Å². The quantitative estimate of drug-likeness (QED) is 0.349. The van der Waals surface area contributed by atoms with E-state index in [4.69, 9.17) is 0 Å². The second kappa shape index (κ2) is 14.7. The zero-order chi connectivity index (χ0) is 24.9. The fourth-order valence-electron chi connectivity index (χ4n) is 3.56. The number of carbonyl (C=O) groups is 3. The summed E-state index contributed by atoms with van der Waals surface area (Å²) in [5.41, 5.74) is 0.493. The predicted octanol–water partition coefficient (Wildman–Crippen LogP) is 5.13. The van der Waals surface area contributed by atoms with E-state index in [0.29, 0.717) is 12.0 Å². The number of nitrogens with one attached hydrogen (secondary N) is 2. The van der Waals surface area contributed by atoms with Gasteiger partial charge in [-0.2, -0.15) is 13.2 Å². The lowest BCUT2D eigenvalue weighted by molar-refractivity contribution is -0.173. The highest BCUT2D eigenvalue weighted by Gasteiger charge is 2.44. The molecular weight excluding hydrogens is 433 g/mol. The molecule has 1 aromatic rings. The van der Waals surface area contributed by atoms with Crippen molar-refractivity contribution in [1.29, 1.82) is 0 Å². The maximum atomic E-state index is 13.2. The number of amides is 2. The second-order valence-corrected chi connectivity index (χ2v) is 8.88. The van der Waals surface area contributed by atoms with Crippen LogP contribution in [-0.4, -0.2) is 35.9 Å². The van der Waals surface area contributed by atoms with E-state index in [1.807, 2.05) is 13.8 Å². The van der Waals surface area contributed by atoms with Crippen molar-refractivity contribution >= 4 is 17.6 Å². The fraction of sp³-hybridized carbons (Fsp3) is 0.640. The molecule has 8 heteroatoms. The number of ketones is 1. The summed E-state index contributed by atoms with van der Waals surface area (Å²) < 4.78 is 39.5. The van der Waals surface area contributed by atoms with Crippen molar-refractivity contribution in [3.63, 3.8) is 0 Å². The zero-order valence-electron chi connectivity index (χ0n) is 19.8. The lowest BCUT2D eigenvalue weighted by atomic mass is 9.99. The average Bonchev–Trinajstić information content (AvgIpc) is 2.74. The molecule has 0 bridgehead atoms. The number of hydrogen-bond donors (Lipinski definition) is 2. The SMILES string of the molecule is CCCCCCCCC(=O)N[C@@H](CC(C)C)C(=O)N[C@@H](Cc1ccccc1)C(=O)C(F)(F)F. The Bertz CT molecular complexity index is 736. The summed E-state index contributed by atoms with van der Waals surface area (Å²) in [6.07, 6.45) is 1.19. The summed E-state index contributed by atoms with van der Waals surface area (Å²) in [7, 11) is 0. The molecule has 1 rings (SSSR count). The molecule has 0 aromatic heterocycles. The lowest BCUT2D eigenvalue weighted by Crippen LogP contribution is -2.54. The van der Waals surface area contributed by atoms with Gasteiger partial charge in [0.05, 0.1) is 0 Å². The maximum absolute atomic E-state index is 13.2. The van der Waals surface area contributed by atoms with E-state index in [1.54, 1.807) is 30.3 Å². The number of benzene rings is 1. The first kappa shape index (κ1) is 28.7. The van der Waals surface area contributed by atoms with Gasteiger partial charge in [-0.3, -0.25) is 14.4 Å². The topological polar surface area (TPSA) is 75.3 Å². The minimum absolute atomic E-state index is 0.0148. The van der Waals surface area contributed by atoms with Crippen LogP contribution in [0.2, 0.25) is 0 Å². The van der Waals surface area contributed by atoms with Crippen LogP contribution in [-0.2, 0) is 20.8 Å². The third-order valence-corrected chi connectivity index (χ3v) is 5.31. The molecule has 0 aliphatic rings. The van der Waals surface area contributed by atoms with Gasteiger partial charge < -0.3 is 10.6 Å². The monoisotopic (exact) mass is 470 g/mol. The number of alkyl halides is 3. The molecule has 2 atom stereocenters. The number of Topliss-reactive ketones (excluding diaryl/α,β-unsaturated/α-hetero) is 1. The minimum atomic E-state index is -5.08. The van der Waals surface area contributed by atoms with Crippen LogP contribution in [0.15, 0.2) is 30.3 Å². The molecule has 2 amide bonds. The van der Waals surface area contributed by atoms with E-state index in [2.05, 4.69) is 17.6 Å². The summed E-state index contributed by atoms with van der Waals surface area (Å²) >= 11 is 0. The maximum Gasteiger partial charge on any atom is 0.452 e. The molecule has 0 saturated heterocycles. The Labute approximate surface area is 194 Å². The van der Waals surface area contributed by atoms with Gasteiger partial charge in [0, 0.05) is 12.8 Å². The lowest BCUT2D eigenvalue weighted by Gasteiger charge is -2.24. The highest BCUT2D eigenvalue weighted by atomic mass is 19.4. The van der Waals surface area contributed by atoms with Crippen LogP contribution in [0.3, 0.4) is 0 Å². The normalized spacial score (nSPS) is 13.4. The number of carbonyl (C=O) groups excluding carboxylic acids is 3. The Hall–Kier alpha value is -2.38.